The highest BCUT2D eigenvalue weighted by molar-refractivity contribution is 6.18. The van der Waals surface area contributed by atoms with Gasteiger partial charge in [0.15, 0.2) is 17.5 Å². The molecule has 4 nitrogen and oxygen atoms in total. The van der Waals surface area contributed by atoms with Crippen LogP contribution in [0.15, 0.2) is 140 Å². The number of hydrogen-bond donors (Lipinski definition) is 0. The Hall–Kier alpha value is -5.61. The summed E-state index contributed by atoms with van der Waals surface area (Å²) in [5.74, 6) is 8.98. The highest BCUT2D eigenvalue weighted by atomic mass is 15.0. The summed E-state index contributed by atoms with van der Waals surface area (Å²) in [4.78, 5) is 15.6. The van der Waals surface area contributed by atoms with Gasteiger partial charge >= 0.3 is 0 Å². The molecule has 8 aromatic rings. The Morgan fingerprint density at radius 1 is 0.559 bits per heavy atom. The van der Waals surface area contributed by atoms with Crippen molar-refractivity contribution in [2.24, 2.45) is 52.3 Å². The van der Waals surface area contributed by atoms with Crippen LogP contribution in [0.1, 0.15) is 123 Å². The molecule has 6 aromatic carbocycles. The van der Waals surface area contributed by atoms with Crippen molar-refractivity contribution >= 4 is 32.6 Å². The van der Waals surface area contributed by atoms with Gasteiger partial charge in [-0.05, 0) is 145 Å². The number of nitrogens with zero attached hydrogens (tertiary/aromatic N) is 4. The summed E-state index contributed by atoms with van der Waals surface area (Å²) in [6, 6.07) is 50.5. The topological polar surface area (TPSA) is 43.6 Å². The van der Waals surface area contributed by atoms with E-state index in [1.54, 1.807) is 0 Å². The number of hydrogen-bond acceptors (Lipinski definition) is 3. The van der Waals surface area contributed by atoms with Gasteiger partial charge in [-0.1, -0.05) is 175 Å². The SMILES string of the molecule is CC(C)CCC[C@@H](C)[C@H]1CC[C@H]2[C@@H]3CC[C@H]4CC(c5ccc(-c6nc(-c7ccccc7)nc(-c7cccc(-n8c9ccccc9c9ccc%10ccccc%10c98)c7)n6)cc5)CC[C@]4(C)[C@H]3CC[C@]12C. The van der Waals surface area contributed by atoms with Crippen molar-refractivity contribution in [3.63, 3.8) is 0 Å². The van der Waals surface area contributed by atoms with Crippen LogP contribution in [0.2, 0.25) is 0 Å². The fourth-order valence-electron chi connectivity index (χ4n) is 15.6. The third-order valence-electron chi connectivity index (χ3n) is 19.1. The zero-order chi connectivity index (χ0) is 46.1. The number of para-hydroxylation sites is 1. The van der Waals surface area contributed by atoms with Crippen LogP contribution in [0.4, 0.5) is 0 Å². The monoisotopic (exact) mass is 895 g/mol. The molecule has 2 aromatic heterocycles. The second-order valence-electron chi connectivity index (χ2n) is 23.0. The van der Waals surface area contributed by atoms with Gasteiger partial charge in [-0.2, -0.15) is 0 Å². The molecule has 4 aliphatic carbocycles. The summed E-state index contributed by atoms with van der Waals surface area (Å²) in [6.45, 7) is 12.9. The van der Waals surface area contributed by atoms with Gasteiger partial charge in [0.2, 0.25) is 0 Å². The van der Waals surface area contributed by atoms with E-state index in [2.05, 4.69) is 179 Å². The maximum Gasteiger partial charge on any atom is 0.164 e. The minimum atomic E-state index is 0.489. The summed E-state index contributed by atoms with van der Waals surface area (Å²) in [6.07, 6.45) is 17.1. The van der Waals surface area contributed by atoms with Gasteiger partial charge < -0.3 is 4.57 Å². The lowest BCUT2D eigenvalue weighted by Gasteiger charge is -2.61. The molecule has 9 atom stereocenters. The average molecular weight is 895 g/mol. The molecule has 0 bridgehead atoms. The van der Waals surface area contributed by atoms with Crippen molar-refractivity contribution in [2.45, 2.75) is 118 Å². The Bertz CT molecular complexity index is 3110. The zero-order valence-electron chi connectivity index (χ0n) is 41.2. The van der Waals surface area contributed by atoms with Gasteiger partial charge in [0, 0.05) is 38.5 Å². The van der Waals surface area contributed by atoms with E-state index in [1.807, 2.05) is 0 Å². The number of fused-ring (bicyclic) bond motifs is 10. The van der Waals surface area contributed by atoms with E-state index in [0.29, 0.717) is 34.2 Å². The molecule has 0 amide bonds. The molecule has 1 unspecified atom stereocenters. The number of aromatic nitrogens is 4. The third-order valence-corrected chi connectivity index (χ3v) is 19.1. The molecule has 4 aliphatic rings. The first kappa shape index (κ1) is 43.7. The van der Waals surface area contributed by atoms with Crippen LogP contribution >= 0.6 is 0 Å². The van der Waals surface area contributed by atoms with Crippen molar-refractivity contribution < 1.29 is 0 Å². The summed E-state index contributed by atoms with van der Waals surface area (Å²) in [5, 5.41) is 4.97. The second kappa shape index (κ2) is 17.4. The largest absolute Gasteiger partial charge is 0.309 e. The molecule has 4 heteroatoms. The highest BCUT2D eigenvalue weighted by Crippen LogP contribution is 2.69. The van der Waals surface area contributed by atoms with Crippen molar-refractivity contribution in [3.05, 3.63) is 145 Å². The number of rotatable bonds is 10. The smallest absolute Gasteiger partial charge is 0.164 e. The maximum absolute atomic E-state index is 5.27. The lowest BCUT2D eigenvalue weighted by Crippen LogP contribution is -2.53. The Morgan fingerprint density at radius 2 is 1.24 bits per heavy atom. The molecule has 0 aliphatic heterocycles. The zero-order valence-corrected chi connectivity index (χ0v) is 41.2. The Morgan fingerprint density at radius 3 is 2.03 bits per heavy atom. The number of benzene rings is 6. The Kier molecular flexibility index (Phi) is 11.2. The van der Waals surface area contributed by atoms with Crippen molar-refractivity contribution in [2.75, 3.05) is 0 Å². The first-order chi connectivity index (χ1) is 33.2. The van der Waals surface area contributed by atoms with Gasteiger partial charge in [-0.15, -0.1) is 0 Å². The van der Waals surface area contributed by atoms with Gasteiger partial charge in [-0.25, -0.2) is 15.0 Å². The summed E-state index contributed by atoms with van der Waals surface area (Å²) >= 11 is 0. The molecule has 0 N–H and O–H groups in total. The van der Waals surface area contributed by atoms with Crippen LogP contribution in [0.3, 0.4) is 0 Å². The van der Waals surface area contributed by atoms with Crippen molar-refractivity contribution in [1.29, 1.82) is 0 Å². The van der Waals surface area contributed by atoms with Crippen LogP contribution in [-0.4, -0.2) is 19.5 Å². The van der Waals surface area contributed by atoms with E-state index in [-0.39, 0.29) is 0 Å². The highest BCUT2D eigenvalue weighted by Gasteiger charge is 2.60. The van der Waals surface area contributed by atoms with Gasteiger partial charge in [-0.3, -0.25) is 0 Å². The minimum Gasteiger partial charge on any atom is -0.309 e. The molecule has 4 fully saturated rings. The van der Waals surface area contributed by atoms with Crippen LogP contribution < -0.4 is 0 Å². The Balaban J connectivity index is 0.812. The lowest BCUT2D eigenvalue weighted by molar-refractivity contribution is -0.117. The van der Waals surface area contributed by atoms with Crippen molar-refractivity contribution in [1.82, 2.24) is 19.5 Å². The van der Waals surface area contributed by atoms with E-state index in [0.717, 1.165) is 63.8 Å². The molecule has 12 rings (SSSR count). The van der Waals surface area contributed by atoms with Crippen molar-refractivity contribution in [3.8, 4) is 39.9 Å². The minimum absolute atomic E-state index is 0.489. The van der Waals surface area contributed by atoms with E-state index < -0.39 is 0 Å². The predicted molar refractivity (Wildman–Crippen MR) is 284 cm³/mol. The Labute approximate surface area is 405 Å². The molecule has 0 spiro atoms. The lowest BCUT2D eigenvalue weighted by atomic mass is 9.43. The van der Waals surface area contributed by atoms with E-state index >= 15 is 0 Å². The molecular weight excluding hydrogens is 825 g/mol. The quantitative estimate of drug-likeness (QED) is 0.137. The van der Waals surface area contributed by atoms with Crippen LogP contribution in [0.5, 0.6) is 0 Å². The van der Waals surface area contributed by atoms with E-state index in [1.165, 1.54) is 115 Å². The first-order valence-electron chi connectivity index (χ1n) is 26.6. The first-order valence-corrected chi connectivity index (χ1v) is 26.6. The average Bonchev–Trinajstić information content (AvgIpc) is 3.92. The van der Waals surface area contributed by atoms with E-state index in [9.17, 15) is 0 Å². The molecule has 0 saturated heterocycles. The third kappa shape index (κ3) is 7.42. The van der Waals surface area contributed by atoms with Gasteiger partial charge in [0.05, 0.1) is 11.0 Å². The standard InChI is InChI=1S/C64H70N4/c1-41(2)15-13-16-42(3)55-33-34-56-54-32-30-49-39-47(35-37-63(49,4)57(54)36-38-64(55,56)5)43-25-27-46(28-26-43)61-65-60(45-18-7-6-8-19-45)66-62(67-61)48-20-14-21-50(40-48)68-58-24-12-11-23-52(58)53-31-29-44-17-9-10-22-51(44)59(53)68/h6-12,14,17-29,31,40-42,47,49,54-57H,13,15-16,30,32-39H2,1-5H3/t42-,47?,49+,54+,55-,56+,57+,63+,64-/m1/s1. The summed E-state index contributed by atoms with van der Waals surface area (Å²) < 4.78 is 2.42. The maximum atomic E-state index is 5.27. The van der Waals surface area contributed by atoms with Gasteiger partial charge in [0.25, 0.3) is 0 Å². The molecule has 0 radical (unpaired) electrons. The van der Waals surface area contributed by atoms with Crippen LogP contribution in [0, 0.1) is 52.3 Å². The normalized spacial score (nSPS) is 27.3. The van der Waals surface area contributed by atoms with E-state index in [4.69, 9.17) is 15.0 Å². The predicted octanol–water partition coefficient (Wildman–Crippen LogP) is 17.3. The second-order valence-corrected chi connectivity index (χ2v) is 23.0. The molecule has 4 saturated carbocycles. The van der Waals surface area contributed by atoms with Crippen LogP contribution in [0.25, 0.3) is 72.4 Å². The molecule has 2 heterocycles. The fraction of sp³-hybridized carbons (Fsp3) is 0.422. The van der Waals surface area contributed by atoms with Gasteiger partial charge in [0.1, 0.15) is 0 Å². The fourth-order valence-corrected chi connectivity index (χ4v) is 15.6. The molecular formula is C64H70N4. The van der Waals surface area contributed by atoms with Crippen LogP contribution in [-0.2, 0) is 0 Å². The molecule has 68 heavy (non-hydrogen) atoms. The molecule has 346 valence electrons. The summed E-state index contributed by atoms with van der Waals surface area (Å²) in [7, 11) is 0. The summed E-state index contributed by atoms with van der Waals surface area (Å²) in [5.41, 5.74) is 9.02.